The molecule has 0 amide bonds. The maximum Gasteiger partial charge on any atom is 0.359 e. The van der Waals surface area contributed by atoms with Gasteiger partial charge in [-0.2, -0.15) is 0 Å². The third-order valence-electron chi connectivity index (χ3n) is 1.71. The molecular formula is C7H7FO4. The van der Waals surface area contributed by atoms with Gasteiger partial charge in [0.15, 0.2) is 11.6 Å². The summed E-state index contributed by atoms with van der Waals surface area (Å²) in [5, 5.41) is 0. The van der Waals surface area contributed by atoms with Gasteiger partial charge in [0.1, 0.15) is 0 Å². The van der Waals surface area contributed by atoms with Crippen LogP contribution in [0.5, 0.6) is 0 Å². The highest BCUT2D eigenvalue weighted by atomic mass is 19.1. The third-order valence-corrected chi connectivity index (χ3v) is 1.71. The van der Waals surface area contributed by atoms with Crippen LogP contribution < -0.4 is 0 Å². The molecule has 12 heavy (non-hydrogen) atoms. The molecule has 0 bridgehead atoms. The normalized spacial score (nSPS) is 29.8. The minimum atomic E-state index is -3.04. The van der Waals surface area contributed by atoms with E-state index in [0.29, 0.717) is 0 Å². The second-order valence-electron chi connectivity index (χ2n) is 2.52. The van der Waals surface area contributed by atoms with E-state index in [1.54, 1.807) is 0 Å². The molecule has 1 aliphatic rings. The highest BCUT2D eigenvalue weighted by Crippen LogP contribution is 2.22. The van der Waals surface area contributed by atoms with Gasteiger partial charge < -0.3 is 4.74 Å². The zero-order chi connectivity index (χ0) is 9.35. The van der Waals surface area contributed by atoms with Crippen LogP contribution in [0.1, 0.15) is 13.3 Å². The Morgan fingerprint density at radius 3 is 2.50 bits per heavy atom. The first kappa shape index (κ1) is 8.83. The molecule has 0 aromatic rings. The largest absolute Gasteiger partial charge is 0.462 e. The molecule has 0 aliphatic carbocycles. The Balaban J connectivity index is 3.04. The van der Waals surface area contributed by atoms with Gasteiger partial charge in [0.05, 0.1) is 6.61 Å². The number of halogens is 1. The van der Waals surface area contributed by atoms with E-state index in [2.05, 4.69) is 4.74 Å². The van der Waals surface area contributed by atoms with Crippen molar-refractivity contribution < 1.29 is 23.5 Å². The fraction of sp³-hybridized carbons (Fsp3) is 0.571. The zero-order valence-electron chi connectivity index (χ0n) is 6.43. The Morgan fingerprint density at radius 2 is 2.17 bits per heavy atom. The summed E-state index contributed by atoms with van der Waals surface area (Å²) in [6.07, 6.45) is -0.234. The smallest absolute Gasteiger partial charge is 0.359 e. The molecular weight excluding hydrogens is 167 g/mol. The van der Waals surface area contributed by atoms with Crippen LogP contribution >= 0.6 is 0 Å². The van der Waals surface area contributed by atoms with Gasteiger partial charge in [-0.3, -0.25) is 9.59 Å². The molecule has 1 heterocycles. The molecule has 66 valence electrons. The molecule has 1 saturated heterocycles. The predicted octanol–water partition coefficient (Wildman–Crippen LogP) is -0.200. The fourth-order valence-electron chi connectivity index (χ4n) is 0.962. The summed E-state index contributed by atoms with van der Waals surface area (Å²) < 4.78 is 17.6. The first-order valence-electron chi connectivity index (χ1n) is 3.40. The Bertz CT molecular complexity index is 242. The van der Waals surface area contributed by atoms with Crippen molar-refractivity contribution >= 4 is 17.5 Å². The van der Waals surface area contributed by atoms with E-state index in [4.69, 9.17) is 0 Å². The number of carbonyl (C=O) groups is 3. The van der Waals surface area contributed by atoms with Crippen molar-refractivity contribution in [3.05, 3.63) is 0 Å². The minimum Gasteiger partial charge on any atom is -0.462 e. The second kappa shape index (κ2) is 2.66. The Hall–Kier alpha value is -1.26. The highest BCUT2D eigenvalue weighted by molar-refractivity contribution is 6.26. The zero-order valence-corrected chi connectivity index (χ0v) is 6.43. The average Bonchev–Trinajstić information content (AvgIpc) is 1.99. The molecule has 1 atom stereocenters. The summed E-state index contributed by atoms with van der Waals surface area (Å²) in [5.74, 6) is -3.50. The first-order chi connectivity index (χ1) is 5.49. The number of alkyl halides is 1. The number of esters is 1. The van der Waals surface area contributed by atoms with Crippen molar-refractivity contribution in [3.8, 4) is 0 Å². The maximum absolute atomic E-state index is 13.3. The maximum atomic E-state index is 13.3. The predicted molar refractivity (Wildman–Crippen MR) is 35.1 cm³/mol. The lowest BCUT2D eigenvalue weighted by Gasteiger charge is -2.23. The number of ether oxygens (including phenoxy) is 1. The van der Waals surface area contributed by atoms with Crippen LogP contribution in [0.25, 0.3) is 0 Å². The Kier molecular flexibility index (Phi) is 1.95. The van der Waals surface area contributed by atoms with Gasteiger partial charge in [0, 0.05) is 6.42 Å². The lowest BCUT2D eigenvalue weighted by Crippen LogP contribution is -2.53. The van der Waals surface area contributed by atoms with Crippen molar-refractivity contribution in [2.75, 3.05) is 6.61 Å². The van der Waals surface area contributed by atoms with Crippen LogP contribution in [0.15, 0.2) is 0 Å². The molecule has 0 spiro atoms. The number of Topliss-reactive ketones (excluding diaryl/α,β-unsaturated/α-hetero) is 2. The van der Waals surface area contributed by atoms with E-state index in [9.17, 15) is 18.8 Å². The monoisotopic (exact) mass is 174 g/mol. The molecule has 1 fully saturated rings. The van der Waals surface area contributed by atoms with E-state index >= 15 is 0 Å². The Labute approximate surface area is 67.7 Å². The van der Waals surface area contributed by atoms with E-state index < -0.39 is 23.2 Å². The van der Waals surface area contributed by atoms with Crippen LogP contribution in [0.2, 0.25) is 0 Å². The lowest BCUT2D eigenvalue weighted by atomic mass is 9.92. The van der Waals surface area contributed by atoms with Crippen LogP contribution in [0.3, 0.4) is 0 Å². The molecule has 4 nitrogen and oxygen atoms in total. The molecule has 1 rings (SSSR count). The van der Waals surface area contributed by atoms with E-state index in [1.807, 2.05) is 0 Å². The molecule has 0 saturated carbocycles. The summed E-state index contributed by atoms with van der Waals surface area (Å²) in [4.78, 5) is 32.2. The van der Waals surface area contributed by atoms with Gasteiger partial charge in [-0.05, 0) is 6.92 Å². The van der Waals surface area contributed by atoms with Crippen LogP contribution in [-0.4, -0.2) is 29.8 Å². The quantitative estimate of drug-likeness (QED) is 0.408. The number of hydrogen-bond donors (Lipinski definition) is 0. The van der Waals surface area contributed by atoms with Gasteiger partial charge in [-0.1, -0.05) is 0 Å². The number of ketones is 2. The second-order valence-corrected chi connectivity index (χ2v) is 2.52. The molecule has 0 N–H and O–H groups in total. The standard InChI is InChI=1S/C7H7FO4/c1-4(9)7(8)5(10)2-3-12-6(7)11/h2-3H2,1H3. The van der Waals surface area contributed by atoms with Gasteiger partial charge in [0.25, 0.3) is 0 Å². The highest BCUT2D eigenvalue weighted by Gasteiger charge is 2.54. The number of cyclic esters (lactones) is 1. The fourth-order valence-corrected chi connectivity index (χ4v) is 0.962. The summed E-state index contributed by atoms with van der Waals surface area (Å²) in [5.41, 5.74) is -3.04. The van der Waals surface area contributed by atoms with E-state index in [0.717, 1.165) is 6.92 Å². The summed E-state index contributed by atoms with van der Waals surface area (Å²) in [6, 6.07) is 0. The molecule has 0 radical (unpaired) electrons. The molecule has 5 heteroatoms. The SMILES string of the molecule is CC(=O)C1(F)C(=O)CCOC1=O. The van der Waals surface area contributed by atoms with Gasteiger partial charge >= 0.3 is 11.6 Å². The lowest BCUT2D eigenvalue weighted by molar-refractivity contribution is -0.171. The molecule has 1 aliphatic heterocycles. The van der Waals surface area contributed by atoms with Crippen molar-refractivity contribution in [3.63, 3.8) is 0 Å². The topological polar surface area (TPSA) is 60.4 Å². The van der Waals surface area contributed by atoms with Crippen molar-refractivity contribution in [2.24, 2.45) is 0 Å². The summed E-state index contributed by atoms with van der Waals surface area (Å²) in [7, 11) is 0. The molecule has 1 unspecified atom stereocenters. The van der Waals surface area contributed by atoms with Gasteiger partial charge in [-0.25, -0.2) is 9.18 Å². The third kappa shape index (κ3) is 1.01. The number of carbonyl (C=O) groups excluding carboxylic acids is 3. The Morgan fingerprint density at radius 1 is 1.58 bits per heavy atom. The summed E-state index contributed by atoms with van der Waals surface area (Å²) >= 11 is 0. The number of hydrogen-bond acceptors (Lipinski definition) is 4. The van der Waals surface area contributed by atoms with Crippen LogP contribution in [-0.2, 0) is 19.1 Å². The van der Waals surface area contributed by atoms with Crippen LogP contribution in [0.4, 0.5) is 4.39 Å². The minimum absolute atomic E-state index is 0.142. The van der Waals surface area contributed by atoms with Gasteiger partial charge in [0.2, 0.25) is 0 Å². The van der Waals surface area contributed by atoms with Crippen molar-refractivity contribution in [2.45, 2.75) is 19.0 Å². The molecule has 0 aromatic heterocycles. The van der Waals surface area contributed by atoms with E-state index in [1.165, 1.54) is 0 Å². The van der Waals surface area contributed by atoms with Crippen LogP contribution in [0, 0.1) is 0 Å². The average molecular weight is 174 g/mol. The van der Waals surface area contributed by atoms with Crippen molar-refractivity contribution in [1.82, 2.24) is 0 Å². The molecule has 0 aromatic carbocycles. The summed E-state index contributed by atoms with van der Waals surface area (Å²) in [6.45, 7) is 0.709. The number of rotatable bonds is 1. The first-order valence-corrected chi connectivity index (χ1v) is 3.40. The van der Waals surface area contributed by atoms with Crippen molar-refractivity contribution in [1.29, 1.82) is 0 Å². The van der Waals surface area contributed by atoms with Gasteiger partial charge in [-0.15, -0.1) is 0 Å². The van der Waals surface area contributed by atoms with E-state index in [-0.39, 0.29) is 13.0 Å².